The highest BCUT2D eigenvalue weighted by atomic mass is 32.1. The number of hydrogen-bond donors (Lipinski definition) is 1. The van der Waals surface area contributed by atoms with Gasteiger partial charge >= 0.3 is 5.97 Å². The number of hydrogen-bond acceptors (Lipinski definition) is 4. The zero-order valence-electron chi connectivity index (χ0n) is 11.5. The van der Waals surface area contributed by atoms with Gasteiger partial charge in [0.15, 0.2) is 0 Å². The van der Waals surface area contributed by atoms with Crippen molar-refractivity contribution in [3.63, 3.8) is 0 Å². The largest absolute Gasteiger partial charge is 0.478 e. The highest BCUT2D eigenvalue weighted by molar-refractivity contribution is 7.10. The summed E-state index contributed by atoms with van der Waals surface area (Å²) in [5.41, 5.74) is 2.63. The summed E-state index contributed by atoms with van der Waals surface area (Å²) >= 11 is 1.54. The molecule has 0 atom stereocenters. The van der Waals surface area contributed by atoms with E-state index in [0.29, 0.717) is 5.56 Å². The number of aromatic carboxylic acids is 1. The lowest BCUT2D eigenvalue weighted by Gasteiger charge is -2.27. The minimum atomic E-state index is -0.816. The second-order valence-electron chi connectivity index (χ2n) is 4.64. The van der Waals surface area contributed by atoms with Crippen LogP contribution in [0.5, 0.6) is 0 Å². The van der Waals surface area contributed by atoms with Gasteiger partial charge in [-0.1, -0.05) is 12.7 Å². The molecule has 0 spiro atoms. The van der Waals surface area contributed by atoms with Crippen LogP contribution in [-0.2, 0) is 13.0 Å². The van der Waals surface area contributed by atoms with Gasteiger partial charge in [-0.2, -0.15) is 0 Å². The number of carbonyl (C=O) groups is 1. The van der Waals surface area contributed by atoms with Crippen LogP contribution < -0.4 is 0 Å². The van der Waals surface area contributed by atoms with Crippen molar-refractivity contribution in [2.24, 2.45) is 4.99 Å². The van der Waals surface area contributed by atoms with Crippen LogP contribution in [0, 0.1) is 0 Å². The van der Waals surface area contributed by atoms with Gasteiger partial charge in [0.2, 0.25) is 0 Å². The van der Waals surface area contributed by atoms with E-state index < -0.39 is 5.97 Å². The summed E-state index contributed by atoms with van der Waals surface area (Å²) in [6.07, 6.45) is 6.19. The third-order valence-corrected chi connectivity index (χ3v) is 4.39. The molecular weight excluding hydrogens is 272 g/mol. The van der Waals surface area contributed by atoms with Gasteiger partial charge in [0.05, 0.1) is 5.56 Å². The average molecular weight is 290 g/mol. The molecule has 5 heteroatoms. The fraction of sp³-hybridized carbons (Fsp3) is 0.333. The lowest BCUT2D eigenvalue weighted by atomic mass is 10.0. The predicted molar refractivity (Wildman–Crippen MR) is 82.7 cm³/mol. The van der Waals surface area contributed by atoms with Crippen molar-refractivity contribution in [3.8, 4) is 0 Å². The first-order valence-electron chi connectivity index (χ1n) is 6.49. The Hall–Kier alpha value is -1.72. The van der Waals surface area contributed by atoms with E-state index in [-0.39, 0.29) is 0 Å². The van der Waals surface area contributed by atoms with Crippen LogP contribution in [-0.4, -0.2) is 35.3 Å². The van der Waals surface area contributed by atoms with Crippen LogP contribution in [0.15, 0.2) is 34.8 Å². The monoisotopic (exact) mass is 290 g/mol. The van der Waals surface area contributed by atoms with Gasteiger partial charge in [0.25, 0.3) is 0 Å². The van der Waals surface area contributed by atoms with Crippen LogP contribution in [0.3, 0.4) is 0 Å². The van der Waals surface area contributed by atoms with Gasteiger partial charge in [0, 0.05) is 42.3 Å². The number of carboxylic acid groups (broad SMARTS) is 1. The first kappa shape index (κ1) is 14.7. The second-order valence-corrected chi connectivity index (χ2v) is 5.61. The van der Waals surface area contributed by atoms with Gasteiger partial charge in [-0.3, -0.25) is 9.89 Å². The molecule has 1 aromatic rings. The summed E-state index contributed by atoms with van der Waals surface area (Å²) in [5, 5.41) is 10.9. The molecule has 20 heavy (non-hydrogen) atoms. The van der Waals surface area contributed by atoms with Gasteiger partial charge in [-0.15, -0.1) is 11.3 Å². The van der Waals surface area contributed by atoms with E-state index in [1.165, 1.54) is 11.1 Å². The normalized spacial score (nSPS) is 16.4. The molecule has 0 aromatic carbocycles. The number of nitrogens with zero attached hydrogens (tertiary/aromatic N) is 2. The van der Waals surface area contributed by atoms with E-state index in [2.05, 4.69) is 16.5 Å². The molecular formula is C15H18N2O2S. The molecule has 1 N–H and O–H groups in total. The van der Waals surface area contributed by atoms with E-state index in [1.54, 1.807) is 16.7 Å². The van der Waals surface area contributed by atoms with Crippen molar-refractivity contribution in [3.05, 3.63) is 45.8 Å². The van der Waals surface area contributed by atoms with Gasteiger partial charge < -0.3 is 5.11 Å². The Morgan fingerprint density at radius 1 is 1.65 bits per heavy atom. The van der Waals surface area contributed by atoms with E-state index in [1.807, 2.05) is 19.2 Å². The topological polar surface area (TPSA) is 52.9 Å². The number of rotatable bonds is 5. The Balaban J connectivity index is 2.06. The summed E-state index contributed by atoms with van der Waals surface area (Å²) in [6.45, 7) is 8.08. The van der Waals surface area contributed by atoms with E-state index in [4.69, 9.17) is 5.11 Å². The van der Waals surface area contributed by atoms with E-state index in [0.717, 1.165) is 37.2 Å². The lowest BCUT2D eigenvalue weighted by Crippen LogP contribution is -2.32. The Morgan fingerprint density at radius 2 is 2.45 bits per heavy atom. The predicted octanol–water partition coefficient (Wildman–Crippen LogP) is 2.97. The Kier molecular flexibility index (Phi) is 4.87. The van der Waals surface area contributed by atoms with Crippen molar-refractivity contribution < 1.29 is 9.90 Å². The molecule has 0 unspecified atom stereocenters. The number of aliphatic imine (C=N–C) groups is 1. The van der Waals surface area contributed by atoms with E-state index in [9.17, 15) is 4.79 Å². The molecule has 106 valence electrons. The smallest absolute Gasteiger partial charge is 0.336 e. The molecule has 0 fully saturated rings. The summed E-state index contributed by atoms with van der Waals surface area (Å²) in [7, 11) is 0. The van der Waals surface area contributed by atoms with Gasteiger partial charge in [-0.05, 0) is 24.5 Å². The molecule has 0 radical (unpaired) electrons. The fourth-order valence-electron chi connectivity index (χ4n) is 2.31. The standard InChI is InChI=1S/C15H18N2O2S/c1-3-11(7-16-4-2)8-17-6-5-12-13(15(18)19)10-20-14(12)9-17/h3-4,7,10H,2,5-6,8-9H2,1H3,(H,18,19)/b11-3+,16-7?. The van der Waals surface area contributed by atoms with Crippen LogP contribution in [0.25, 0.3) is 0 Å². The van der Waals surface area contributed by atoms with Crippen molar-refractivity contribution >= 4 is 23.5 Å². The number of carboxylic acids is 1. The minimum absolute atomic E-state index is 0.476. The zero-order chi connectivity index (χ0) is 14.5. The van der Waals surface area contributed by atoms with Crippen LogP contribution in [0.2, 0.25) is 0 Å². The molecule has 0 bridgehead atoms. The van der Waals surface area contributed by atoms with Crippen LogP contribution in [0.4, 0.5) is 0 Å². The first-order valence-corrected chi connectivity index (χ1v) is 7.37. The molecule has 1 aromatic heterocycles. The van der Waals surface area contributed by atoms with Gasteiger partial charge in [-0.25, -0.2) is 4.79 Å². The zero-order valence-corrected chi connectivity index (χ0v) is 12.3. The third-order valence-electron chi connectivity index (χ3n) is 3.38. The highest BCUT2D eigenvalue weighted by Crippen LogP contribution is 2.28. The first-order chi connectivity index (χ1) is 9.65. The maximum atomic E-state index is 11.1. The SMILES string of the molecule is C=CN=C/C(=C\C)CN1CCc2c(C(=O)O)csc2C1. The highest BCUT2D eigenvalue weighted by Gasteiger charge is 2.23. The van der Waals surface area contributed by atoms with Crippen molar-refractivity contribution in [2.45, 2.75) is 19.9 Å². The summed E-state index contributed by atoms with van der Waals surface area (Å²) in [5.74, 6) is -0.816. The number of thiophene rings is 1. The summed E-state index contributed by atoms with van der Waals surface area (Å²) in [6, 6.07) is 0. The fourth-order valence-corrected chi connectivity index (χ4v) is 3.42. The third kappa shape index (κ3) is 3.23. The molecule has 2 heterocycles. The lowest BCUT2D eigenvalue weighted by molar-refractivity contribution is 0.0695. The molecule has 1 aliphatic heterocycles. The molecule has 0 saturated heterocycles. The minimum Gasteiger partial charge on any atom is -0.478 e. The maximum Gasteiger partial charge on any atom is 0.336 e. The second kappa shape index (κ2) is 6.63. The molecule has 0 saturated carbocycles. The molecule has 4 nitrogen and oxygen atoms in total. The summed E-state index contributed by atoms with van der Waals surface area (Å²) < 4.78 is 0. The van der Waals surface area contributed by atoms with E-state index >= 15 is 0 Å². The van der Waals surface area contributed by atoms with Crippen molar-refractivity contribution in [2.75, 3.05) is 13.1 Å². The average Bonchev–Trinajstić information content (AvgIpc) is 2.86. The molecule has 2 rings (SSSR count). The quantitative estimate of drug-likeness (QED) is 0.848. The Bertz CT molecular complexity index is 572. The Labute approximate surface area is 122 Å². The van der Waals surface area contributed by atoms with Gasteiger partial charge in [0.1, 0.15) is 0 Å². The van der Waals surface area contributed by atoms with Crippen LogP contribution in [0.1, 0.15) is 27.7 Å². The van der Waals surface area contributed by atoms with Crippen molar-refractivity contribution in [1.29, 1.82) is 0 Å². The number of allylic oxidation sites excluding steroid dienone is 1. The molecule has 0 amide bonds. The number of fused-ring (bicyclic) bond motifs is 1. The molecule has 1 aliphatic rings. The maximum absolute atomic E-state index is 11.1. The molecule has 0 aliphatic carbocycles. The van der Waals surface area contributed by atoms with Crippen molar-refractivity contribution in [1.82, 2.24) is 4.90 Å². The summed E-state index contributed by atoms with van der Waals surface area (Å²) in [4.78, 5) is 18.6. The van der Waals surface area contributed by atoms with Crippen LogP contribution >= 0.6 is 11.3 Å². The Morgan fingerprint density at radius 3 is 3.10 bits per heavy atom.